The first-order valence-corrected chi connectivity index (χ1v) is 7.46. The molecule has 0 heterocycles. The van der Waals surface area contributed by atoms with E-state index in [1.54, 1.807) is 18.2 Å². The van der Waals surface area contributed by atoms with E-state index in [-0.39, 0.29) is 0 Å². The highest BCUT2D eigenvalue weighted by Gasteiger charge is 2.36. The Bertz CT molecular complexity index is 835. The molecule has 2 rings (SSSR count). The number of hydrogen-bond acceptors (Lipinski definition) is 2. The fourth-order valence-electron chi connectivity index (χ4n) is 2.01. The lowest BCUT2D eigenvalue weighted by Crippen LogP contribution is -2.41. The lowest BCUT2D eigenvalue weighted by Gasteiger charge is -2.23. The van der Waals surface area contributed by atoms with Crippen molar-refractivity contribution < 1.29 is 22.8 Å². The summed E-state index contributed by atoms with van der Waals surface area (Å²) in [6.07, 6.45) is 0. The van der Waals surface area contributed by atoms with Crippen LogP contribution in [0, 0.1) is 29.8 Å². The normalized spacial score (nSPS) is 11.1. The van der Waals surface area contributed by atoms with Crippen molar-refractivity contribution in [3.8, 4) is 0 Å². The summed E-state index contributed by atoms with van der Waals surface area (Å²) in [6, 6.07) is 8.55. The Kier molecular flexibility index (Phi) is 5.15. The second-order valence-electron chi connectivity index (χ2n) is 6.13. The molecule has 2 N–H and O–H groups in total. The number of anilines is 2. The number of aryl methyl sites for hydroxylation is 1. The highest BCUT2D eigenvalue weighted by molar-refractivity contribution is 6.14. The van der Waals surface area contributed by atoms with Crippen molar-refractivity contribution in [3.63, 3.8) is 0 Å². The summed E-state index contributed by atoms with van der Waals surface area (Å²) in [4.78, 5) is 24.7. The third-order valence-corrected chi connectivity index (χ3v) is 3.69. The fourth-order valence-corrected chi connectivity index (χ4v) is 2.01. The van der Waals surface area contributed by atoms with Gasteiger partial charge in [0.25, 0.3) is 0 Å². The number of hydrogen-bond donors (Lipinski definition) is 2. The Balaban J connectivity index is 2.16. The van der Waals surface area contributed by atoms with E-state index in [2.05, 4.69) is 10.6 Å². The van der Waals surface area contributed by atoms with E-state index in [4.69, 9.17) is 0 Å². The summed E-state index contributed by atoms with van der Waals surface area (Å²) in [5.41, 5.74) is -0.699. The Morgan fingerprint density at radius 3 is 2.20 bits per heavy atom. The summed E-state index contributed by atoms with van der Waals surface area (Å²) in [6.45, 7) is 4.52. The molecule has 0 aliphatic heterocycles. The van der Waals surface area contributed by atoms with Gasteiger partial charge in [0.05, 0.1) is 5.69 Å². The van der Waals surface area contributed by atoms with Crippen molar-refractivity contribution in [2.45, 2.75) is 20.8 Å². The van der Waals surface area contributed by atoms with E-state index >= 15 is 0 Å². The Morgan fingerprint density at radius 2 is 1.56 bits per heavy atom. The lowest BCUT2D eigenvalue weighted by atomic mass is 9.90. The molecular formula is C18H17F3N2O2. The van der Waals surface area contributed by atoms with Crippen molar-refractivity contribution in [3.05, 3.63) is 59.4 Å². The van der Waals surface area contributed by atoms with Crippen LogP contribution in [0.25, 0.3) is 0 Å². The van der Waals surface area contributed by atoms with Gasteiger partial charge in [-0.2, -0.15) is 0 Å². The SMILES string of the molecule is Cc1cccc(NC(=O)C(C)(C)C(=O)Nc2ccc(F)c(F)c2F)c1. The van der Waals surface area contributed by atoms with Crippen LogP contribution < -0.4 is 10.6 Å². The molecule has 4 nitrogen and oxygen atoms in total. The first kappa shape index (κ1) is 18.5. The molecule has 0 fully saturated rings. The van der Waals surface area contributed by atoms with Crippen LogP contribution in [0.2, 0.25) is 0 Å². The average molecular weight is 350 g/mol. The van der Waals surface area contributed by atoms with Crippen LogP contribution in [-0.4, -0.2) is 11.8 Å². The number of amides is 2. The third-order valence-electron chi connectivity index (χ3n) is 3.69. The number of benzene rings is 2. The van der Waals surface area contributed by atoms with Gasteiger partial charge in [0.15, 0.2) is 17.5 Å². The molecule has 0 radical (unpaired) electrons. The molecule has 2 amide bonds. The zero-order valence-corrected chi connectivity index (χ0v) is 13.9. The van der Waals surface area contributed by atoms with Crippen LogP contribution >= 0.6 is 0 Å². The van der Waals surface area contributed by atoms with E-state index in [0.29, 0.717) is 11.8 Å². The van der Waals surface area contributed by atoms with E-state index < -0.39 is 40.4 Å². The minimum atomic E-state index is -1.69. The predicted octanol–water partition coefficient (Wildman–Crippen LogP) is 4.02. The maximum absolute atomic E-state index is 13.7. The Morgan fingerprint density at radius 1 is 0.920 bits per heavy atom. The van der Waals surface area contributed by atoms with Gasteiger partial charge in [-0.3, -0.25) is 9.59 Å². The molecule has 0 unspecified atom stereocenters. The van der Waals surface area contributed by atoms with Crippen molar-refractivity contribution >= 4 is 23.2 Å². The molecule has 2 aromatic carbocycles. The maximum atomic E-state index is 13.7. The summed E-state index contributed by atoms with van der Waals surface area (Å²) in [7, 11) is 0. The molecule has 0 aliphatic rings. The fraction of sp³-hybridized carbons (Fsp3) is 0.222. The van der Waals surface area contributed by atoms with Gasteiger partial charge in [-0.1, -0.05) is 12.1 Å². The predicted molar refractivity (Wildman–Crippen MR) is 88.5 cm³/mol. The molecule has 0 spiro atoms. The van der Waals surface area contributed by atoms with Gasteiger partial charge in [0, 0.05) is 5.69 Å². The topological polar surface area (TPSA) is 58.2 Å². The van der Waals surface area contributed by atoms with Crippen LogP contribution in [0.3, 0.4) is 0 Å². The zero-order chi connectivity index (χ0) is 18.8. The van der Waals surface area contributed by atoms with Gasteiger partial charge in [0.1, 0.15) is 5.41 Å². The van der Waals surface area contributed by atoms with Crippen molar-refractivity contribution in [1.29, 1.82) is 0 Å². The van der Waals surface area contributed by atoms with Gasteiger partial charge >= 0.3 is 0 Å². The van der Waals surface area contributed by atoms with Gasteiger partial charge in [-0.15, -0.1) is 0 Å². The van der Waals surface area contributed by atoms with Crippen molar-refractivity contribution in [2.24, 2.45) is 5.41 Å². The second-order valence-corrected chi connectivity index (χ2v) is 6.13. The van der Waals surface area contributed by atoms with Gasteiger partial charge in [-0.05, 0) is 50.6 Å². The van der Waals surface area contributed by atoms with Crippen molar-refractivity contribution in [2.75, 3.05) is 10.6 Å². The van der Waals surface area contributed by atoms with E-state index in [9.17, 15) is 22.8 Å². The third kappa shape index (κ3) is 3.99. The number of carbonyl (C=O) groups excluding carboxylic acids is 2. The zero-order valence-electron chi connectivity index (χ0n) is 13.9. The van der Waals surface area contributed by atoms with Crippen LogP contribution in [0.15, 0.2) is 36.4 Å². The smallest absolute Gasteiger partial charge is 0.239 e. The first-order valence-electron chi connectivity index (χ1n) is 7.46. The number of carbonyl (C=O) groups is 2. The van der Waals surface area contributed by atoms with Crippen LogP contribution in [0.5, 0.6) is 0 Å². The molecule has 0 aliphatic carbocycles. The van der Waals surface area contributed by atoms with E-state index in [0.717, 1.165) is 11.6 Å². The Labute approximate surface area is 143 Å². The molecule has 2 aromatic rings. The molecule has 0 saturated carbocycles. The van der Waals surface area contributed by atoms with E-state index in [1.165, 1.54) is 13.8 Å². The van der Waals surface area contributed by atoms with Crippen LogP contribution in [0.1, 0.15) is 19.4 Å². The summed E-state index contributed by atoms with van der Waals surface area (Å²) >= 11 is 0. The number of halogens is 3. The maximum Gasteiger partial charge on any atom is 0.239 e. The first-order chi connectivity index (χ1) is 11.6. The Hall–Kier alpha value is -2.83. The summed E-state index contributed by atoms with van der Waals surface area (Å²) < 4.78 is 39.9. The molecule has 0 saturated heterocycles. The van der Waals surface area contributed by atoms with Gasteiger partial charge < -0.3 is 10.6 Å². The minimum Gasteiger partial charge on any atom is -0.325 e. The summed E-state index contributed by atoms with van der Waals surface area (Å²) in [5.74, 6) is -6.07. The monoisotopic (exact) mass is 350 g/mol. The highest BCUT2D eigenvalue weighted by Crippen LogP contribution is 2.25. The van der Waals surface area contributed by atoms with Gasteiger partial charge in [-0.25, -0.2) is 13.2 Å². The largest absolute Gasteiger partial charge is 0.325 e. The molecule has 7 heteroatoms. The molecule has 0 atom stereocenters. The molecule has 0 bridgehead atoms. The van der Waals surface area contributed by atoms with Crippen LogP contribution in [0.4, 0.5) is 24.5 Å². The molecule has 0 aromatic heterocycles. The number of rotatable bonds is 4. The standard InChI is InChI=1S/C18H17F3N2O2/c1-10-5-4-6-11(9-10)22-16(24)18(2,3)17(25)23-13-8-7-12(19)14(20)15(13)21/h4-9H,1-3H3,(H,22,24)(H,23,25). The number of nitrogens with one attached hydrogen (secondary N) is 2. The summed E-state index contributed by atoms with van der Waals surface area (Å²) in [5, 5.41) is 4.71. The molecule has 25 heavy (non-hydrogen) atoms. The minimum absolute atomic E-state index is 0.505. The van der Waals surface area contributed by atoms with Gasteiger partial charge in [0.2, 0.25) is 11.8 Å². The highest BCUT2D eigenvalue weighted by atomic mass is 19.2. The van der Waals surface area contributed by atoms with E-state index in [1.807, 2.05) is 13.0 Å². The van der Waals surface area contributed by atoms with Crippen molar-refractivity contribution in [1.82, 2.24) is 0 Å². The molecular weight excluding hydrogens is 333 g/mol. The van der Waals surface area contributed by atoms with Crippen LogP contribution in [-0.2, 0) is 9.59 Å². The quantitative estimate of drug-likeness (QED) is 0.646. The molecule has 132 valence electrons. The second kappa shape index (κ2) is 6.96. The average Bonchev–Trinajstić information content (AvgIpc) is 2.55. The lowest BCUT2D eigenvalue weighted by molar-refractivity contribution is -0.135.